The van der Waals surface area contributed by atoms with Crippen molar-refractivity contribution in [1.29, 1.82) is 0 Å². The molecular weight excluding hydrogens is 573 g/mol. The predicted molar refractivity (Wildman–Crippen MR) is 123 cm³/mol. The van der Waals surface area contributed by atoms with Crippen molar-refractivity contribution in [2.75, 3.05) is 0 Å². The van der Waals surface area contributed by atoms with E-state index in [9.17, 15) is 0 Å². The summed E-state index contributed by atoms with van der Waals surface area (Å²) < 4.78 is 5.75. The van der Waals surface area contributed by atoms with Gasteiger partial charge in [0.05, 0.1) is 0 Å². The second kappa shape index (κ2) is 36.3. The van der Waals surface area contributed by atoms with Crippen molar-refractivity contribution in [2.24, 2.45) is 0 Å². The number of halogens is 3. The standard InChI is InChI=1S/2C6H6.C2H6.2CH4.I2.HI.H2/c2*1-2-4-6-5-3-1;1-2;;;1-2;;/h2*1-6H;1-2H3;2*1H4;;2*1H/i;;;1D;;;;1+1. The molecule has 0 aromatic heterocycles. The summed E-state index contributed by atoms with van der Waals surface area (Å²) in [6.07, 6.45) is 0. The van der Waals surface area contributed by atoms with E-state index in [0.29, 0.717) is 0 Å². The van der Waals surface area contributed by atoms with Crippen LogP contribution in [0.3, 0.4) is 0 Å². The van der Waals surface area contributed by atoms with Crippen LogP contribution in [0.4, 0.5) is 0 Å². The average Bonchev–Trinajstić information content (AvgIpc) is 2.57. The molecule has 2 aromatic rings. The zero-order valence-electron chi connectivity index (χ0n) is 12.1. The first-order valence-electron chi connectivity index (χ1n) is 6.14. The third kappa shape index (κ3) is 32.3. The van der Waals surface area contributed by atoms with Crippen LogP contribution in [0.15, 0.2) is 72.8 Å². The van der Waals surface area contributed by atoms with Gasteiger partial charge in [0.2, 0.25) is 0 Å². The monoisotopic (exact) mass is 604 g/mol. The van der Waals surface area contributed by atoms with Gasteiger partial charge in [0, 0.05) is 40.0 Å². The first kappa shape index (κ1) is 27.9. The predicted octanol–water partition coefficient (Wildman–Crippen LogP) is 8.31. The van der Waals surface area contributed by atoms with Crippen molar-refractivity contribution in [3.8, 4) is 0 Å². The molecule has 0 unspecified atom stereocenters. The molecule has 2 aromatic carbocycles. The lowest BCUT2D eigenvalue weighted by molar-refractivity contribution is 1.50. The molecule has 0 aliphatic heterocycles. The Morgan fingerprint density at radius 2 is 0.632 bits per heavy atom. The van der Waals surface area contributed by atoms with Crippen LogP contribution in [0.1, 0.15) is 31.5 Å². The van der Waals surface area contributed by atoms with Crippen molar-refractivity contribution in [1.82, 2.24) is 0 Å². The molecule has 3 heteroatoms. The SMILES string of the molecule is C.CC.I.II.[2HH].[2H]C.c1ccccc1.c1ccccc1. The van der Waals surface area contributed by atoms with Gasteiger partial charge in [-0.3, -0.25) is 0 Å². The molecule has 19 heavy (non-hydrogen) atoms. The highest BCUT2D eigenvalue weighted by molar-refractivity contribution is 15.0. The Labute approximate surface area is 164 Å². The summed E-state index contributed by atoms with van der Waals surface area (Å²) in [7, 11) is 1.25. The topological polar surface area (TPSA) is 0 Å². The van der Waals surface area contributed by atoms with Gasteiger partial charge < -0.3 is 0 Å². The smallest absolute Gasteiger partial charge is 0.0194 e. The van der Waals surface area contributed by atoms with E-state index in [1.807, 2.05) is 86.6 Å². The molecule has 0 atom stereocenters. The third-order valence-corrected chi connectivity index (χ3v) is 1.33. The van der Waals surface area contributed by atoms with E-state index >= 15 is 0 Å². The van der Waals surface area contributed by atoms with Crippen LogP contribution in [-0.4, -0.2) is 0 Å². The van der Waals surface area contributed by atoms with Crippen molar-refractivity contribution >= 4 is 61.2 Å². The Hall–Kier alpha value is 0.630. The van der Waals surface area contributed by atoms with Crippen LogP contribution < -0.4 is 0 Å². The Bertz CT molecular complexity index is 197. The minimum absolute atomic E-state index is 0. The first-order valence-corrected chi connectivity index (χ1v) is 11.4. The lowest BCUT2D eigenvalue weighted by Gasteiger charge is -1.69. The number of rotatable bonds is 0. The molecule has 0 spiro atoms. The molecule has 0 saturated heterocycles. The number of benzene rings is 2. The normalized spacial score (nSPS) is 6.05. The van der Waals surface area contributed by atoms with Gasteiger partial charge in [-0.15, -0.1) is 24.0 Å². The van der Waals surface area contributed by atoms with Gasteiger partial charge >= 0.3 is 0 Å². The van der Waals surface area contributed by atoms with E-state index in [2.05, 4.69) is 37.2 Å². The van der Waals surface area contributed by atoms with Crippen LogP contribution >= 0.6 is 61.2 Å². The molecule has 0 amide bonds. The molecule has 0 heterocycles. The van der Waals surface area contributed by atoms with Crippen molar-refractivity contribution in [2.45, 2.75) is 28.7 Å². The van der Waals surface area contributed by atoms with Gasteiger partial charge in [0.15, 0.2) is 0 Å². The summed E-state index contributed by atoms with van der Waals surface area (Å²) in [6.45, 7) is 4.00. The van der Waals surface area contributed by atoms with Crippen LogP contribution in [0.25, 0.3) is 0 Å². The molecule has 0 aliphatic rings. The minimum atomic E-state index is 0. The highest BCUT2D eigenvalue weighted by Gasteiger charge is 1.58. The number of hydrogen-bond donors (Lipinski definition) is 0. The Kier molecular flexibility index (Phi) is 53.3. The molecule has 0 N–H and O–H groups in total. The fourth-order valence-electron chi connectivity index (χ4n) is 0.770. The maximum absolute atomic E-state index is 5.75. The molecule has 0 bridgehead atoms. The van der Waals surface area contributed by atoms with Crippen LogP contribution in [0, 0.1) is 0 Å². The molecule has 0 aliphatic carbocycles. The number of hydrogen-bond acceptors (Lipinski definition) is 0. The van der Waals surface area contributed by atoms with Crippen molar-refractivity contribution in [3.05, 3.63) is 72.8 Å². The van der Waals surface area contributed by atoms with E-state index in [4.69, 9.17) is 1.37 Å². The summed E-state index contributed by atoms with van der Waals surface area (Å²) in [5.74, 6) is 0. The van der Waals surface area contributed by atoms with Gasteiger partial charge in [-0.25, -0.2) is 0 Å². The highest BCUT2D eigenvalue weighted by Crippen LogP contribution is 1.89. The molecule has 0 saturated carbocycles. The second-order valence-corrected chi connectivity index (χ2v) is 2.31. The summed E-state index contributed by atoms with van der Waals surface area (Å²) in [5.41, 5.74) is 0. The maximum atomic E-state index is 5.75. The van der Waals surface area contributed by atoms with Gasteiger partial charge in [-0.2, -0.15) is 0 Å². The van der Waals surface area contributed by atoms with E-state index in [1.165, 1.54) is 7.40 Å². The van der Waals surface area contributed by atoms with Gasteiger partial charge in [0.25, 0.3) is 0 Å². The molecule has 114 valence electrons. The quantitative estimate of drug-likeness (QED) is 0.266. The summed E-state index contributed by atoms with van der Waals surface area (Å²) in [6, 6.07) is 24.0. The summed E-state index contributed by atoms with van der Waals surface area (Å²) in [5, 5.41) is 0. The fourth-order valence-corrected chi connectivity index (χ4v) is 0.770. The Morgan fingerprint density at radius 1 is 0.579 bits per heavy atom. The summed E-state index contributed by atoms with van der Waals surface area (Å²) >= 11 is 4.24. The van der Waals surface area contributed by atoms with E-state index in [-0.39, 0.29) is 32.8 Å². The van der Waals surface area contributed by atoms with Gasteiger partial charge in [-0.1, -0.05) is 101 Å². The first-order chi connectivity index (χ1) is 9.00. The van der Waals surface area contributed by atoms with E-state index in [1.54, 1.807) is 0 Å². The Balaban J connectivity index is -0.0000000359. The minimum Gasteiger partial charge on any atom is -0.107 e. The fraction of sp³-hybridized carbons (Fsp3) is 0.250. The van der Waals surface area contributed by atoms with Crippen molar-refractivity contribution < 1.29 is 2.80 Å². The maximum Gasteiger partial charge on any atom is 0.0194 e. The lowest BCUT2D eigenvalue weighted by atomic mass is 10.4. The molecule has 0 nitrogen and oxygen atoms in total. The largest absolute Gasteiger partial charge is 0.107 e. The van der Waals surface area contributed by atoms with Crippen molar-refractivity contribution in [3.63, 3.8) is 0 Å². The Morgan fingerprint density at radius 3 is 0.684 bits per heavy atom. The lowest BCUT2D eigenvalue weighted by Crippen LogP contribution is -1.47. The molecule has 2 rings (SSSR count). The van der Waals surface area contributed by atoms with Gasteiger partial charge in [0.1, 0.15) is 0 Å². The van der Waals surface area contributed by atoms with Crippen LogP contribution in [-0.2, 0) is 0 Å². The van der Waals surface area contributed by atoms with E-state index in [0.717, 1.165) is 0 Å². The zero-order chi connectivity index (χ0) is 14.5. The highest BCUT2D eigenvalue weighted by atomic mass is 128. The molecular formula is C16H29I3. The second-order valence-electron chi connectivity index (χ2n) is 2.31. The zero-order valence-corrected chi connectivity index (χ0v) is 17.7. The molecule has 0 radical (unpaired) electrons. The van der Waals surface area contributed by atoms with Crippen LogP contribution in [0.5, 0.6) is 0 Å². The average molecular weight is 604 g/mol. The van der Waals surface area contributed by atoms with Gasteiger partial charge in [-0.05, 0) is 0 Å². The summed E-state index contributed by atoms with van der Waals surface area (Å²) in [4.78, 5) is 0. The molecule has 0 fully saturated rings. The van der Waals surface area contributed by atoms with E-state index < -0.39 is 0 Å². The van der Waals surface area contributed by atoms with Crippen LogP contribution in [0.2, 0.25) is 0 Å². The third-order valence-electron chi connectivity index (χ3n) is 1.33.